The molecule has 5 aliphatic rings. The predicted molar refractivity (Wildman–Crippen MR) is 122 cm³/mol. The van der Waals surface area contributed by atoms with Crippen molar-refractivity contribution in [2.75, 3.05) is 0 Å². The largest absolute Gasteiger partial charge is 0.479 e. The van der Waals surface area contributed by atoms with Crippen LogP contribution in [-0.4, -0.2) is 45.7 Å². The van der Waals surface area contributed by atoms with Crippen molar-refractivity contribution in [1.29, 1.82) is 0 Å². The Labute approximate surface area is 193 Å². The molecular formula is C27H44O5. The summed E-state index contributed by atoms with van der Waals surface area (Å²) in [5, 5.41) is 32.0. The molecule has 0 aromatic rings. The molecule has 1 heterocycles. The Hall–Kier alpha value is -0.650. The van der Waals surface area contributed by atoms with Crippen LogP contribution in [0.1, 0.15) is 92.4 Å². The fourth-order valence-electron chi connectivity index (χ4n) is 10.1. The van der Waals surface area contributed by atoms with Crippen LogP contribution in [0.15, 0.2) is 0 Å². The molecule has 5 fully saturated rings. The van der Waals surface area contributed by atoms with Gasteiger partial charge in [0.05, 0.1) is 18.3 Å². The van der Waals surface area contributed by atoms with Crippen molar-refractivity contribution in [3.63, 3.8) is 0 Å². The van der Waals surface area contributed by atoms with Gasteiger partial charge < -0.3 is 20.1 Å². The zero-order valence-corrected chi connectivity index (χ0v) is 20.6. The van der Waals surface area contributed by atoms with Crippen LogP contribution in [0.2, 0.25) is 0 Å². The maximum absolute atomic E-state index is 11.9. The van der Waals surface area contributed by atoms with Gasteiger partial charge in [-0.25, -0.2) is 4.79 Å². The lowest BCUT2D eigenvalue weighted by Crippen LogP contribution is -2.56. The van der Waals surface area contributed by atoms with Crippen LogP contribution in [0.4, 0.5) is 0 Å². The van der Waals surface area contributed by atoms with Gasteiger partial charge in [-0.2, -0.15) is 0 Å². The van der Waals surface area contributed by atoms with Crippen LogP contribution in [-0.2, 0) is 9.53 Å². The number of hydrogen-bond donors (Lipinski definition) is 3. The van der Waals surface area contributed by atoms with Crippen LogP contribution < -0.4 is 0 Å². The number of aliphatic carboxylic acids is 1. The van der Waals surface area contributed by atoms with Crippen LogP contribution in [0.25, 0.3) is 0 Å². The number of carboxylic acid groups (broad SMARTS) is 1. The third kappa shape index (κ3) is 2.71. The van der Waals surface area contributed by atoms with Crippen LogP contribution in [0.3, 0.4) is 0 Å². The summed E-state index contributed by atoms with van der Waals surface area (Å²) in [4.78, 5) is 11.7. The Kier molecular flexibility index (Phi) is 5.18. The van der Waals surface area contributed by atoms with Crippen molar-refractivity contribution in [3.05, 3.63) is 0 Å². The van der Waals surface area contributed by atoms with Gasteiger partial charge in [0.15, 0.2) is 6.10 Å². The van der Waals surface area contributed by atoms with Gasteiger partial charge in [-0.1, -0.05) is 41.0 Å². The molecule has 32 heavy (non-hydrogen) atoms. The van der Waals surface area contributed by atoms with Gasteiger partial charge in [0.2, 0.25) is 0 Å². The SMILES string of the molecule is CC(C)C(O)CCC12CCCC3C1(CCC1(C)C4C(C)CC(C(=O)O)OC4C(O)C31C)C2. The Balaban J connectivity index is 1.46. The summed E-state index contributed by atoms with van der Waals surface area (Å²) in [7, 11) is 0. The minimum absolute atomic E-state index is 0.0288. The molecule has 0 amide bonds. The summed E-state index contributed by atoms with van der Waals surface area (Å²) in [5.74, 6) is 0.311. The van der Waals surface area contributed by atoms with Gasteiger partial charge in [0.25, 0.3) is 0 Å². The average Bonchev–Trinajstić information content (AvgIpc) is 3.37. The molecule has 0 radical (unpaired) electrons. The highest BCUT2D eigenvalue weighted by Gasteiger charge is 2.81. The Morgan fingerprint density at radius 1 is 1.19 bits per heavy atom. The van der Waals surface area contributed by atoms with E-state index >= 15 is 0 Å². The molecule has 1 spiro atoms. The highest BCUT2D eigenvalue weighted by atomic mass is 16.5. The third-order valence-corrected chi connectivity index (χ3v) is 11.9. The molecule has 0 aromatic heterocycles. The van der Waals surface area contributed by atoms with E-state index in [9.17, 15) is 20.1 Å². The third-order valence-electron chi connectivity index (χ3n) is 11.9. The van der Waals surface area contributed by atoms with Crippen LogP contribution >= 0.6 is 0 Å². The standard InChI is InChI=1S/C27H44O5/c1-15(2)17(28)8-10-26-9-6-7-19-25(5)22(29)21-20(16(3)13-18(32-21)23(30)31)24(25,4)11-12-27(19,26)14-26/h15-22,28-29H,6-14H2,1-5H3,(H,30,31). The van der Waals surface area contributed by atoms with Crippen molar-refractivity contribution in [2.45, 2.75) is 117 Å². The number of aliphatic hydroxyl groups is 2. The Morgan fingerprint density at radius 2 is 1.91 bits per heavy atom. The van der Waals surface area contributed by atoms with Gasteiger partial charge in [-0.3, -0.25) is 0 Å². The van der Waals surface area contributed by atoms with Gasteiger partial charge in [0.1, 0.15) is 0 Å². The van der Waals surface area contributed by atoms with Crippen LogP contribution in [0, 0.1) is 45.3 Å². The Bertz CT molecular complexity index is 782. The number of hydrogen-bond acceptors (Lipinski definition) is 4. The predicted octanol–water partition coefficient (Wildman–Crippen LogP) is 4.64. The van der Waals surface area contributed by atoms with Crippen molar-refractivity contribution >= 4 is 5.97 Å². The van der Waals surface area contributed by atoms with E-state index in [4.69, 9.17) is 4.74 Å². The molecular weight excluding hydrogens is 404 g/mol. The molecule has 11 unspecified atom stereocenters. The molecule has 0 bridgehead atoms. The number of aliphatic hydroxyl groups excluding tert-OH is 2. The molecule has 5 nitrogen and oxygen atoms in total. The molecule has 4 saturated carbocycles. The van der Waals surface area contributed by atoms with Gasteiger partial charge >= 0.3 is 5.97 Å². The Morgan fingerprint density at radius 3 is 2.56 bits per heavy atom. The van der Waals surface area contributed by atoms with Gasteiger partial charge in [0, 0.05) is 5.41 Å². The summed E-state index contributed by atoms with van der Waals surface area (Å²) in [6.45, 7) is 11.1. The van der Waals surface area contributed by atoms with Crippen molar-refractivity contribution in [1.82, 2.24) is 0 Å². The maximum Gasteiger partial charge on any atom is 0.332 e. The number of rotatable bonds is 5. The average molecular weight is 449 g/mol. The van der Waals surface area contributed by atoms with Gasteiger partial charge in [-0.05, 0) is 91.3 Å². The minimum Gasteiger partial charge on any atom is -0.479 e. The van der Waals surface area contributed by atoms with E-state index in [-0.39, 0.29) is 34.9 Å². The van der Waals surface area contributed by atoms with E-state index in [1.165, 1.54) is 25.7 Å². The van der Waals surface area contributed by atoms with E-state index in [1.54, 1.807) is 0 Å². The molecule has 1 saturated heterocycles. The minimum atomic E-state index is -0.897. The molecule has 0 aromatic carbocycles. The highest BCUT2D eigenvalue weighted by molar-refractivity contribution is 5.72. The first-order valence-corrected chi connectivity index (χ1v) is 13.2. The van der Waals surface area contributed by atoms with E-state index in [1.807, 2.05) is 0 Å². The lowest BCUT2D eigenvalue weighted by Gasteiger charge is -2.60. The van der Waals surface area contributed by atoms with Crippen molar-refractivity contribution < 1.29 is 24.9 Å². The molecule has 1 aliphatic heterocycles. The summed E-state index contributed by atoms with van der Waals surface area (Å²) in [6.07, 6.45) is 7.70. The summed E-state index contributed by atoms with van der Waals surface area (Å²) in [6, 6.07) is 0. The normalized spacial score (nSPS) is 54.9. The number of ether oxygens (including phenoxy) is 1. The smallest absolute Gasteiger partial charge is 0.332 e. The summed E-state index contributed by atoms with van der Waals surface area (Å²) < 4.78 is 6.15. The first-order chi connectivity index (χ1) is 14.9. The van der Waals surface area contributed by atoms with E-state index in [0.29, 0.717) is 29.1 Å². The fraction of sp³-hybridized carbons (Fsp3) is 0.963. The summed E-state index contributed by atoms with van der Waals surface area (Å²) in [5.41, 5.74) is 0.347. The molecule has 182 valence electrons. The first kappa shape index (κ1) is 23.1. The van der Waals surface area contributed by atoms with Crippen LogP contribution in [0.5, 0.6) is 0 Å². The molecule has 11 atom stereocenters. The number of fused-ring (bicyclic) bond motifs is 4. The van der Waals surface area contributed by atoms with Gasteiger partial charge in [-0.15, -0.1) is 0 Å². The number of carboxylic acids is 1. The molecule has 5 rings (SSSR count). The maximum atomic E-state index is 11.9. The molecule has 5 heteroatoms. The van der Waals surface area contributed by atoms with E-state index in [2.05, 4.69) is 34.6 Å². The zero-order chi connectivity index (χ0) is 23.3. The quantitative estimate of drug-likeness (QED) is 0.571. The second-order valence-corrected chi connectivity index (χ2v) is 13.2. The van der Waals surface area contributed by atoms with Crippen molar-refractivity contribution in [2.24, 2.45) is 45.3 Å². The van der Waals surface area contributed by atoms with E-state index in [0.717, 1.165) is 25.7 Å². The van der Waals surface area contributed by atoms with Crippen molar-refractivity contribution in [3.8, 4) is 0 Å². The van der Waals surface area contributed by atoms with E-state index < -0.39 is 18.2 Å². The fourth-order valence-corrected chi connectivity index (χ4v) is 10.1. The second kappa shape index (κ2) is 7.18. The lowest BCUT2D eigenvalue weighted by molar-refractivity contribution is -0.178. The summed E-state index contributed by atoms with van der Waals surface area (Å²) >= 11 is 0. The zero-order valence-electron chi connectivity index (χ0n) is 20.6. The molecule has 4 aliphatic carbocycles. The lowest BCUT2D eigenvalue weighted by atomic mass is 9.44. The molecule has 3 N–H and O–H groups in total. The topological polar surface area (TPSA) is 87.0 Å². The monoisotopic (exact) mass is 448 g/mol. The second-order valence-electron chi connectivity index (χ2n) is 13.2. The number of carbonyl (C=O) groups is 1. The first-order valence-electron chi connectivity index (χ1n) is 13.2. The highest BCUT2D eigenvalue weighted by Crippen LogP contribution is 2.86.